The smallest absolute Gasteiger partial charge is 0.121 e. The van der Waals surface area contributed by atoms with E-state index in [1.54, 1.807) is 0 Å². The van der Waals surface area contributed by atoms with Crippen molar-refractivity contribution in [2.75, 3.05) is 0 Å². The van der Waals surface area contributed by atoms with Crippen LogP contribution in [0.15, 0.2) is 132 Å². The molecule has 1 aromatic heterocycles. The average molecular weight is 621 g/mol. The molecule has 1 heterocycles. The van der Waals surface area contributed by atoms with Gasteiger partial charge in [-0.3, -0.25) is 4.57 Å². The number of fused-ring (bicyclic) bond motifs is 6. The predicted molar refractivity (Wildman–Crippen MR) is 206 cm³/mol. The third kappa shape index (κ3) is 4.15. The molecule has 1 aliphatic rings. The fourth-order valence-corrected chi connectivity index (χ4v) is 8.55. The highest BCUT2D eigenvalue weighted by molar-refractivity contribution is 6.36. The number of aromatic nitrogens is 1. The molecular formula is C46H40N2. The number of unbranched alkanes of at least 4 members (excludes halogenated alkanes) is 1. The summed E-state index contributed by atoms with van der Waals surface area (Å²) >= 11 is 0. The van der Waals surface area contributed by atoms with E-state index in [-0.39, 0.29) is 11.3 Å². The summed E-state index contributed by atoms with van der Waals surface area (Å²) < 4.78 is 2.48. The number of benzene rings is 7. The van der Waals surface area contributed by atoms with Crippen LogP contribution in [0.3, 0.4) is 0 Å². The molecule has 0 bridgehead atoms. The fraction of sp³-hybridized carbons (Fsp3) is 0.196. The number of rotatable bonds is 6. The SMILES string of the molecule is CCCCc1ccccc1N=C(C(C)c1ccccc1)n1c2cccc3c4cc5c(cc4c4cccc1c4c32)C(C)(C)c1ccccc1-5. The lowest BCUT2D eigenvalue weighted by Crippen LogP contribution is -2.19. The largest absolute Gasteiger partial charge is 0.297 e. The highest BCUT2D eigenvalue weighted by atomic mass is 15.1. The monoisotopic (exact) mass is 620 g/mol. The van der Waals surface area contributed by atoms with Gasteiger partial charge in [0.25, 0.3) is 0 Å². The van der Waals surface area contributed by atoms with E-state index >= 15 is 0 Å². The Bertz CT molecular complexity index is 2530. The van der Waals surface area contributed by atoms with Gasteiger partial charge >= 0.3 is 0 Å². The predicted octanol–water partition coefficient (Wildman–Crippen LogP) is 12.6. The zero-order valence-corrected chi connectivity index (χ0v) is 28.2. The van der Waals surface area contributed by atoms with E-state index in [1.165, 1.54) is 76.7 Å². The molecule has 0 spiro atoms. The van der Waals surface area contributed by atoms with Crippen molar-refractivity contribution in [3.8, 4) is 11.1 Å². The molecule has 8 aromatic rings. The molecule has 0 radical (unpaired) electrons. The van der Waals surface area contributed by atoms with Crippen molar-refractivity contribution in [2.45, 2.75) is 58.3 Å². The quantitative estimate of drug-likeness (QED) is 0.1000. The standard InChI is InChI=1S/C46H40N2/c1-5-6-16-31-19-10-13-24-40(31)47-45(29(2)30-17-8-7-9-18-30)48-41-25-14-21-33-35-27-37-32-20-11-12-23-38(32)46(3,4)39(37)28-36(35)34-22-15-26-42(48)44(34)43(33)41/h7-15,17-29H,5-6,16H2,1-4H3. The van der Waals surface area contributed by atoms with Crippen LogP contribution in [0.25, 0.3) is 54.5 Å². The van der Waals surface area contributed by atoms with E-state index in [0.717, 1.165) is 30.8 Å². The molecule has 0 fully saturated rings. The first-order valence-corrected chi connectivity index (χ1v) is 17.5. The highest BCUT2D eigenvalue weighted by Crippen LogP contribution is 2.52. The van der Waals surface area contributed by atoms with Crippen LogP contribution < -0.4 is 0 Å². The minimum Gasteiger partial charge on any atom is -0.297 e. The van der Waals surface area contributed by atoms with Gasteiger partial charge in [-0.25, -0.2) is 4.99 Å². The summed E-state index contributed by atoms with van der Waals surface area (Å²) in [6.07, 6.45) is 3.35. The molecule has 1 atom stereocenters. The Labute approximate surface area is 282 Å². The second-order valence-electron chi connectivity index (χ2n) is 14.2. The lowest BCUT2D eigenvalue weighted by Gasteiger charge is -2.22. The summed E-state index contributed by atoms with van der Waals surface area (Å²) in [6.45, 7) is 9.33. The van der Waals surface area contributed by atoms with Crippen LogP contribution >= 0.6 is 0 Å². The normalized spacial score (nSPS) is 14.7. The molecule has 48 heavy (non-hydrogen) atoms. The van der Waals surface area contributed by atoms with Crippen molar-refractivity contribution < 1.29 is 0 Å². The maximum atomic E-state index is 5.63. The summed E-state index contributed by atoms with van der Waals surface area (Å²) in [5.74, 6) is 1.13. The van der Waals surface area contributed by atoms with Gasteiger partial charge in [-0.1, -0.05) is 131 Å². The second-order valence-corrected chi connectivity index (χ2v) is 14.2. The Morgan fingerprint density at radius 3 is 2.02 bits per heavy atom. The number of aryl methyl sites for hydroxylation is 1. The van der Waals surface area contributed by atoms with Gasteiger partial charge in [0.2, 0.25) is 0 Å². The lowest BCUT2D eigenvalue weighted by molar-refractivity contribution is 0.661. The van der Waals surface area contributed by atoms with Crippen LogP contribution in [-0.4, -0.2) is 10.4 Å². The number of nitrogens with zero attached hydrogens (tertiary/aromatic N) is 2. The first-order chi connectivity index (χ1) is 23.5. The van der Waals surface area contributed by atoms with E-state index in [4.69, 9.17) is 4.99 Å². The van der Waals surface area contributed by atoms with Gasteiger partial charge in [-0.2, -0.15) is 0 Å². The molecule has 0 saturated heterocycles. The third-order valence-corrected chi connectivity index (χ3v) is 11.1. The van der Waals surface area contributed by atoms with E-state index in [1.807, 2.05) is 0 Å². The molecule has 1 aliphatic carbocycles. The fourth-order valence-electron chi connectivity index (χ4n) is 8.55. The Morgan fingerprint density at radius 1 is 0.646 bits per heavy atom. The van der Waals surface area contributed by atoms with Gasteiger partial charge in [0.05, 0.1) is 16.7 Å². The second kappa shape index (κ2) is 10.9. The Hall–Kier alpha value is -5.21. The zero-order valence-electron chi connectivity index (χ0n) is 28.2. The van der Waals surface area contributed by atoms with Crippen molar-refractivity contribution in [3.05, 3.63) is 150 Å². The van der Waals surface area contributed by atoms with Crippen molar-refractivity contribution in [3.63, 3.8) is 0 Å². The highest BCUT2D eigenvalue weighted by Gasteiger charge is 2.36. The molecular weight excluding hydrogens is 581 g/mol. The van der Waals surface area contributed by atoms with E-state index in [9.17, 15) is 0 Å². The maximum absolute atomic E-state index is 5.63. The minimum atomic E-state index is -0.0524. The topological polar surface area (TPSA) is 17.3 Å². The van der Waals surface area contributed by atoms with Gasteiger partial charge in [-0.15, -0.1) is 0 Å². The van der Waals surface area contributed by atoms with Gasteiger partial charge < -0.3 is 0 Å². The average Bonchev–Trinajstić information content (AvgIpc) is 3.58. The number of aliphatic imine (C=N–C) groups is 1. The lowest BCUT2D eigenvalue weighted by atomic mass is 9.81. The Balaban J connectivity index is 1.38. The van der Waals surface area contributed by atoms with Crippen molar-refractivity contribution in [2.24, 2.45) is 4.99 Å². The summed E-state index contributed by atoms with van der Waals surface area (Å²) in [7, 11) is 0. The Kier molecular flexibility index (Phi) is 6.59. The van der Waals surface area contributed by atoms with Gasteiger partial charge in [-0.05, 0) is 98.1 Å². The zero-order chi connectivity index (χ0) is 32.6. The first kappa shape index (κ1) is 29.0. The number of para-hydroxylation sites is 1. The molecule has 7 aromatic carbocycles. The van der Waals surface area contributed by atoms with Crippen molar-refractivity contribution in [1.29, 1.82) is 0 Å². The number of hydrogen-bond acceptors (Lipinski definition) is 1. The van der Waals surface area contributed by atoms with Crippen LogP contribution in [0.4, 0.5) is 5.69 Å². The van der Waals surface area contributed by atoms with Crippen molar-refractivity contribution >= 4 is 54.9 Å². The third-order valence-electron chi connectivity index (χ3n) is 11.1. The molecule has 0 saturated carbocycles. The molecule has 0 amide bonds. The molecule has 9 rings (SSSR count). The van der Waals surface area contributed by atoms with Gasteiger partial charge in [0.1, 0.15) is 5.84 Å². The number of hydrogen-bond donors (Lipinski definition) is 0. The molecule has 2 nitrogen and oxygen atoms in total. The summed E-state index contributed by atoms with van der Waals surface area (Å²) in [5, 5.41) is 7.94. The summed E-state index contributed by atoms with van der Waals surface area (Å²) in [6, 6.07) is 47.3. The minimum absolute atomic E-state index is 0.0524. The molecule has 0 N–H and O–H groups in total. The van der Waals surface area contributed by atoms with Crippen LogP contribution in [0.2, 0.25) is 0 Å². The van der Waals surface area contributed by atoms with E-state index < -0.39 is 0 Å². The van der Waals surface area contributed by atoms with E-state index in [0.29, 0.717) is 0 Å². The summed E-state index contributed by atoms with van der Waals surface area (Å²) in [5.41, 5.74) is 11.6. The van der Waals surface area contributed by atoms with Gasteiger partial charge in [0, 0.05) is 22.1 Å². The van der Waals surface area contributed by atoms with Crippen LogP contribution in [0.1, 0.15) is 68.7 Å². The van der Waals surface area contributed by atoms with Crippen molar-refractivity contribution in [1.82, 2.24) is 4.57 Å². The molecule has 234 valence electrons. The van der Waals surface area contributed by atoms with E-state index in [2.05, 4.69) is 160 Å². The molecule has 0 aliphatic heterocycles. The van der Waals surface area contributed by atoms with Crippen LogP contribution in [-0.2, 0) is 11.8 Å². The molecule has 1 unspecified atom stereocenters. The first-order valence-electron chi connectivity index (χ1n) is 17.5. The maximum Gasteiger partial charge on any atom is 0.121 e. The molecule has 2 heteroatoms. The van der Waals surface area contributed by atoms with Crippen LogP contribution in [0.5, 0.6) is 0 Å². The van der Waals surface area contributed by atoms with Gasteiger partial charge in [0.15, 0.2) is 0 Å². The Morgan fingerprint density at radius 2 is 1.29 bits per heavy atom. The summed E-state index contributed by atoms with van der Waals surface area (Å²) in [4.78, 5) is 5.63. The van der Waals surface area contributed by atoms with Crippen LogP contribution in [0, 0.1) is 0 Å².